The highest BCUT2D eigenvalue weighted by molar-refractivity contribution is 6.32. The fraction of sp³-hybridized carbons (Fsp3) is 0.133. The maximum absolute atomic E-state index is 11.0. The van der Waals surface area contributed by atoms with E-state index >= 15 is 0 Å². The fourth-order valence-corrected chi connectivity index (χ4v) is 1.82. The van der Waals surface area contributed by atoms with Crippen LogP contribution in [0.3, 0.4) is 0 Å². The molecule has 0 aromatic heterocycles. The molecule has 2 aromatic rings. The number of aliphatic carboxylic acids is 1. The van der Waals surface area contributed by atoms with Gasteiger partial charge in [0, 0.05) is 0 Å². The Hall–Kier alpha value is -2.00. The van der Waals surface area contributed by atoms with Crippen LogP contribution < -0.4 is 4.74 Å². The Balaban J connectivity index is 2.25. The van der Waals surface area contributed by atoms with Crippen molar-refractivity contribution in [2.75, 3.05) is 0 Å². The predicted molar refractivity (Wildman–Crippen MR) is 74.0 cm³/mol. The van der Waals surface area contributed by atoms with E-state index in [-0.39, 0.29) is 0 Å². The quantitative estimate of drug-likeness (QED) is 0.904. The monoisotopic (exact) mass is 276 g/mol. The molecule has 1 N–H and O–H groups in total. The summed E-state index contributed by atoms with van der Waals surface area (Å²) >= 11 is 6.01. The average molecular weight is 277 g/mol. The molecule has 0 fully saturated rings. The van der Waals surface area contributed by atoms with E-state index in [9.17, 15) is 4.79 Å². The van der Waals surface area contributed by atoms with E-state index in [0.29, 0.717) is 22.1 Å². The minimum absolute atomic E-state index is 0.513. The van der Waals surface area contributed by atoms with Crippen molar-refractivity contribution in [2.24, 2.45) is 0 Å². The third kappa shape index (κ3) is 3.26. The first-order valence-electron chi connectivity index (χ1n) is 5.83. The molecular formula is C15H13ClO3. The van der Waals surface area contributed by atoms with Gasteiger partial charge in [-0.05, 0) is 36.8 Å². The van der Waals surface area contributed by atoms with Crippen LogP contribution in [0.1, 0.15) is 18.4 Å². The van der Waals surface area contributed by atoms with E-state index in [1.807, 2.05) is 12.1 Å². The summed E-state index contributed by atoms with van der Waals surface area (Å²) in [6.45, 7) is 1.64. The van der Waals surface area contributed by atoms with Gasteiger partial charge in [0.15, 0.2) is 0 Å². The Kier molecular flexibility index (Phi) is 4.07. The van der Waals surface area contributed by atoms with Crippen molar-refractivity contribution >= 4 is 17.6 Å². The Morgan fingerprint density at radius 1 is 1.21 bits per heavy atom. The molecule has 0 radical (unpaired) electrons. The summed E-state index contributed by atoms with van der Waals surface area (Å²) < 4.78 is 5.65. The van der Waals surface area contributed by atoms with Crippen molar-refractivity contribution in [3.05, 3.63) is 59.1 Å². The average Bonchev–Trinajstić information content (AvgIpc) is 2.41. The van der Waals surface area contributed by atoms with E-state index in [0.717, 1.165) is 0 Å². The molecule has 0 bridgehead atoms. The van der Waals surface area contributed by atoms with Crippen LogP contribution in [-0.2, 0) is 4.79 Å². The van der Waals surface area contributed by atoms with Gasteiger partial charge in [-0.15, -0.1) is 0 Å². The van der Waals surface area contributed by atoms with E-state index in [4.69, 9.17) is 21.4 Å². The molecule has 0 aliphatic rings. The molecule has 0 saturated heterocycles. The highest BCUT2D eigenvalue weighted by Crippen LogP contribution is 2.30. The van der Waals surface area contributed by atoms with Crippen LogP contribution in [0.4, 0.5) is 0 Å². The summed E-state index contributed by atoms with van der Waals surface area (Å²) in [5, 5.41) is 9.51. The first kappa shape index (κ1) is 13.4. The van der Waals surface area contributed by atoms with Gasteiger partial charge in [0.1, 0.15) is 11.5 Å². The normalized spacial score (nSPS) is 11.9. The topological polar surface area (TPSA) is 46.5 Å². The Bertz CT molecular complexity index is 595. The third-order valence-corrected chi connectivity index (χ3v) is 3.11. The zero-order valence-electron chi connectivity index (χ0n) is 10.3. The number of carboxylic acids is 1. The van der Waals surface area contributed by atoms with Crippen LogP contribution in [0.5, 0.6) is 11.5 Å². The number of carbonyl (C=O) groups is 1. The molecule has 0 saturated carbocycles. The zero-order valence-corrected chi connectivity index (χ0v) is 11.1. The zero-order chi connectivity index (χ0) is 13.8. The van der Waals surface area contributed by atoms with Crippen LogP contribution in [-0.4, -0.2) is 11.1 Å². The van der Waals surface area contributed by atoms with Crippen molar-refractivity contribution in [1.29, 1.82) is 0 Å². The number of hydrogen-bond acceptors (Lipinski definition) is 2. The number of rotatable bonds is 4. The van der Waals surface area contributed by atoms with Gasteiger partial charge in [-0.3, -0.25) is 4.79 Å². The summed E-state index contributed by atoms with van der Waals surface area (Å²) in [6.07, 6.45) is 0. The molecule has 0 aliphatic heterocycles. The summed E-state index contributed by atoms with van der Waals surface area (Å²) in [4.78, 5) is 11.0. The lowest BCUT2D eigenvalue weighted by Gasteiger charge is -2.11. The lowest BCUT2D eigenvalue weighted by atomic mass is 10.0. The standard InChI is InChI=1S/C15H13ClO3/c1-10(15(17)18)11-5-4-6-12(9-11)19-14-8-3-2-7-13(14)16/h2-10H,1H3,(H,17,18)/t10-/m1/s1. The molecule has 0 aliphatic carbocycles. The molecule has 0 unspecified atom stereocenters. The van der Waals surface area contributed by atoms with Gasteiger partial charge in [0.2, 0.25) is 0 Å². The summed E-state index contributed by atoms with van der Waals surface area (Å²) in [7, 11) is 0. The molecule has 1 atom stereocenters. The number of hydrogen-bond donors (Lipinski definition) is 1. The minimum atomic E-state index is -0.866. The third-order valence-electron chi connectivity index (χ3n) is 2.79. The first-order chi connectivity index (χ1) is 9.08. The van der Waals surface area contributed by atoms with Crippen LogP contribution in [0.2, 0.25) is 5.02 Å². The maximum atomic E-state index is 11.0. The highest BCUT2D eigenvalue weighted by Gasteiger charge is 2.14. The summed E-state index contributed by atoms with van der Waals surface area (Å²) in [6, 6.07) is 14.1. The molecule has 0 amide bonds. The van der Waals surface area contributed by atoms with E-state index in [1.54, 1.807) is 43.3 Å². The summed E-state index contributed by atoms with van der Waals surface area (Å²) in [5.74, 6) is -0.326. The van der Waals surface area contributed by atoms with E-state index < -0.39 is 11.9 Å². The lowest BCUT2D eigenvalue weighted by molar-refractivity contribution is -0.138. The molecule has 2 aromatic carbocycles. The summed E-state index contributed by atoms with van der Waals surface area (Å²) in [5.41, 5.74) is 0.692. The van der Waals surface area contributed by atoms with Crippen LogP contribution in [0.15, 0.2) is 48.5 Å². The number of carboxylic acid groups (broad SMARTS) is 1. The fourth-order valence-electron chi connectivity index (χ4n) is 1.64. The number of benzene rings is 2. The van der Waals surface area contributed by atoms with Gasteiger partial charge < -0.3 is 9.84 Å². The molecule has 98 valence electrons. The van der Waals surface area contributed by atoms with Gasteiger partial charge in [-0.2, -0.15) is 0 Å². The molecule has 0 spiro atoms. The molecule has 2 rings (SSSR count). The molecular weight excluding hydrogens is 264 g/mol. The van der Waals surface area contributed by atoms with Gasteiger partial charge >= 0.3 is 5.97 Å². The highest BCUT2D eigenvalue weighted by atomic mass is 35.5. The second-order valence-corrected chi connectivity index (χ2v) is 4.57. The second kappa shape index (κ2) is 5.76. The van der Waals surface area contributed by atoms with Crippen LogP contribution in [0, 0.1) is 0 Å². The number of halogens is 1. The minimum Gasteiger partial charge on any atom is -0.481 e. The Labute approximate surface area is 116 Å². The Morgan fingerprint density at radius 3 is 2.63 bits per heavy atom. The van der Waals surface area contributed by atoms with Crippen molar-refractivity contribution in [1.82, 2.24) is 0 Å². The van der Waals surface area contributed by atoms with Gasteiger partial charge in [-0.1, -0.05) is 35.9 Å². The molecule has 19 heavy (non-hydrogen) atoms. The van der Waals surface area contributed by atoms with Crippen molar-refractivity contribution in [2.45, 2.75) is 12.8 Å². The van der Waals surface area contributed by atoms with Crippen molar-refractivity contribution in [3.8, 4) is 11.5 Å². The lowest BCUT2D eigenvalue weighted by Crippen LogP contribution is -2.07. The van der Waals surface area contributed by atoms with Crippen LogP contribution in [0.25, 0.3) is 0 Å². The second-order valence-electron chi connectivity index (χ2n) is 4.16. The van der Waals surface area contributed by atoms with Crippen molar-refractivity contribution in [3.63, 3.8) is 0 Å². The number of ether oxygens (including phenoxy) is 1. The molecule has 3 nitrogen and oxygen atoms in total. The van der Waals surface area contributed by atoms with Crippen molar-refractivity contribution < 1.29 is 14.6 Å². The largest absolute Gasteiger partial charge is 0.481 e. The smallest absolute Gasteiger partial charge is 0.310 e. The maximum Gasteiger partial charge on any atom is 0.310 e. The number of para-hydroxylation sites is 1. The van der Waals surface area contributed by atoms with E-state index in [2.05, 4.69) is 0 Å². The molecule has 0 heterocycles. The van der Waals surface area contributed by atoms with Gasteiger partial charge in [0.25, 0.3) is 0 Å². The van der Waals surface area contributed by atoms with E-state index in [1.165, 1.54) is 0 Å². The first-order valence-corrected chi connectivity index (χ1v) is 6.21. The Morgan fingerprint density at radius 2 is 1.95 bits per heavy atom. The van der Waals surface area contributed by atoms with Gasteiger partial charge in [-0.25, -0.2) is 0 Å². The van der Waals surface area contributed by atoms with Gasteiger partial charge in [0.05, 0.1) is 10.9 Å². The van der Waals surface area contributed by atoms with Crippen LogP contribution >= 0.6 is 11.6 Å². The SMILES string of the molecule is C[C@@H](C(=O)O)c1cccc(Oc2ccccc2Cl)c1. The molecule has 4 heteroatoms. The predicted octanol–water partition coefficient (Wildman–Crippen LogP) is 4.32.